The second kappa shape index (κ2) is 3.28. The second-order valence-corrected chi connectivity index (χ2v) is 3.41. The Morgan fingerprint density at radius 2 is 2.50 bits per heavy atom. The van der Waals surface area contributed by atoms with Crippen molar-refractivity contribution in [3.63, 3.8) is 0 Å². The second-order valence-electron chi connectivity index (χ2n) is 3.41. The van der Waals surface area contributed by atoms with Gasteiger partial charge in [0, 0.05) is 13.5 Å². The van der Waals surface area contributed by atoms with Gasteiger partial charge < -0.3 is 15.2 Å². The molecule has 1 unspecified atom stereocenters. The van der Waals surface area contributed by atoms with E-state index < -0.39 is 0 Å². The van der Waals surface area contributed by atoms with Crippen LogP contribution in [0.4, 0.5) is 0 Å². The minimum atomic E-state index is 0.0185. The Kier molecular flexibility index (Phi) is 2.11. The molecule has 76 valence electrons. The largest absolute Gasteiger partial charge is 0.370 e. The zero-order valence-corrected chi connectivity index (χ0v) is 8.03. The lowest BCUT2D eigenvalue weighted by Gasteiger charge is -2.21. The summed E-state index contributed by atoms with van der Waals surface area (Å²) in [6, 6.07) is 0.0185. The van der Waals surface area contributed by atoms with Gasteiger partial charge in [0.15, 0.2) is 11.8 Å². The smallest absolute Gasteiger partial charge is 0.223 e. The summed E-state index contributed by atoms with van der Waals surface area (Å²) < 4.78 is 4.91. The highest BCUT2D eigenvalue weighted by Gasteiger charge is 2.30. The van der Waals surface area contributed by atoms with Crippen LogP contribution in [0.25, 0.3) is 0 Å². The van der Waals surface area contributed by atoms with Crippen molar-refractivity contribution in [2.45, 2.75) is 25.8 Å². The van der Waals surface area contributed by atoms with Crippen molar-refractivity contribution >= 4 is 5.96 Å². The average molecular weight is 195 g/mol. The predicted octanol–water partition coefficient (Wildman–Crippen LogP) is 0.408. The van der Waals surface area contributed by atoms with Gasteiger partial charge in [-0.25, -0.2) is 0 Å². The van der Waals surface area contributed by atoms with E-state index in [0.717, 1.165) is 19.4 Å². The topological polar surface area (TPSA) is 92.0 Å². The van der Waals surface area contributed by atoms with E-state index in [9.17, 15) is 0 Å². The maximum atomic E-state index is 7.40. The minimum Gasteiger partial charge on any atom is -0.370 e. The molecule has 3 N–H and O–H groups in total. The van der Waals surface area contributed by atoms with Crippen LogP contribution in [0.3, 0.4) is 0 Å². The third-order valence-corrected chi connectivity index (χ3v) is 2.40. The maximum absolute atomic E-state index is 7.40. The molecule has 1 aromatic rings. The molecule has 6 nitrogen and oxygen atoms in total. The van der Waals surface area contributed by atoms with E-state index in [1.54, 1.807) is 11.8 Å². The summed E-state index contributed by atoms with van der Waals surface area (Å²) in [6.45, 7) is 2.55. The minimum absolute atomic E-state index is 0.0185. The van der Waals surface area contributed by atoms with E-state index in [-0.39, 0.29) is 12.0 Å². The molecule has 1 aliphatic heterocycles. The van der Waals surface area contributed by atoms with Crippen LogP contribution in [0.5, 0.6) is 0 Å². The maximum Gasteiger partial charge on any atom is 0.223 e. The van der Waals surface area contributed by atoms with Crippen LogP contribution in [0.15, 0.2) is 4.52 Å². The lowest BCUT2D eigenvalue weighted by molar-refractivity contribution is 0.344. The molecule has 14 heavy (non-hydrogen) atoms. The van der Waals surface area contributed by atoms with Crippen molar-refractivity contribution in [3.05, 3.63) is 11.7 Å². The monoisotopic (exact) mass is 195 g/mol. The fraction of sp³-hybridized carbons (Fsp3) is 0.625. The zero-order chi connectivity index (χ0) is 10.1. The van der Waals surface area contributed by atoms with Crippen LogP contribution in [0, 0.1) is 12.3 Å². The first-order valence-corrected chi connectivity index (χ1v) is 4.59. The number of rotatable bonds is 1. The highest BCUT2D eigenvalue weighted by Crippen LogP contribution is 2.29. The van der Waals surface area contributed by atoms with Crippen LogP contribution in [-0.2, 0) is 0 Å². The molecule has 2 rings (SSSR count). The number of nitrogens with one attached hydrogen (secondary N) is 1. The van der Waals surface area contributed by atoms with E-state index in [1.807, 2.05) is 0 Å². The van der Waals surface area contributed by atoms with E-state index in [0.29, 0.717) is 11.7 Å². The molecule has 1 aliphatic rings. The molecular weight excluding hydrogens is 182 g/mol. The molecule has 1 fully saturated rings. The molecule has 1 aromatic heterocycles. The summed E-state index contributed by atoms with van der Waals surface area (Å²) in [7, 11) is 0. The molecule has 0 bridgehead atoms. The molecule has 0 spiro atoms. The fourth-order valence-corrected chi connectivity index (χ4v) is 1.77. The molecule has 0 aromatic carbocycles. The number of nitrogens with zero attached hydrogens (tertiary/aromatic N) is 3. The van der Waals surface area contributed by atoms with E-state index in [4.69, 9.17) is 15.7 Å². The van der Waals surface area contributed by atoms with Crippen molar-refractivity contribution in [2.75, 3.05) is 6.54 Å². The fourth-order valence-electron chi connectivity index (χ4n) is 1.77. The molecule has 0 aliphatic carbocycles. The number of likely N-dealkylation sites (tertiary alicyclic amines) is 1. The van der Waals surface area contributed by atoms with Crippen LogP contribution in [0.1, 0.15) is 30.6 Å². The Labute approximate surface area is 81.6 Å². The molecule has 0 amide bonds. The first-order valence-electron chi connectivity index (χ1n) is 4.59. The van der Waals surface area contributed by atoms with Crippen LogP contribution in [-0.4, -0.2) is 27.5 Å². The first-order chi connectivity index (χ1) is 6.68. The van der Waals surface area contributed by atoms with E-state index >= 15 is 0 Å². The summed E-state index contributed by atoms with van der Waals surface area (Å²) in [5.41, 5.74) is 5.46. The van der Waals surface area contributed by atoms with Gasteiger partial charge in [0.2, 0.25) is 5.89 Å². The van der Waals surface area contributed by atoms with Gasteiger partial charge in [-0.2, -0.15) is 4.98 Å². The average Bonchev–Trinajstić information content (AvgIpc) is 2.70. The Morgan fingerprint density at radius 1 is 1.71 bits per heavy atom. The molecular formula is C8H13N5O. The van der Waals surface area contributed by atoms with Crippen molar-refractivity contribution in [1.29, 1.82) is 5.41 Å². The zero-order valence-electron chi connectivity index (χ0n) is 8.03. The summed E-state index contributed by atoms with van der Waals surface area (Å²) >= 11 is 0. The molecule has 6 heteroatoms. The number of aryl methyl sites for hydroxylation is 1. The summed E-state index contributed by atoms with van der Waals surface area (Å²) in [6.07, 6.45) is 1.94. The van der Waals surface area contributed by atoms with E-state index in [2.05, 4.69) is 10.1 Å². The Balaban J connectivity index is 2.21. The highest BCUT2D eigenvalue weighted by molar-refractivity contribution is 5.75. The van der Waals surface area contributed by atoms with E-state index in [1.165, 1.54) is 0 Å². The van der Waals surface area contributed by atoms with Gasteiger partial charge in [-0.05, 0) is 12.8 Å². The van der Waals surface area contributed by atoms with Gasteiger partial charge >= 0.3 is 0 Å². The predicted molar refractivity (Wildman–Crippen MR) is 49.6 cm³/mol. The Hall–Kier alpha value is -1.59. The summed E-state index contributed by atoms with van der Waals surface area (Å²) in [5, 5.41) is 11.2. The number of nitrogens with two attached hydrogens (primary N) is 1. The van der Waals surface area contributed by atoms with Gasteiger partial charge in [0.05, 0.1) is 6.04 Å². The molecule has 0 saturated carbocycles. The van der Waals surface area contributed by atoms with Gasteiger partial charge in [-0.1, -0.05) is 5.16 Å². The Morgan fingerprint density at radius 3 is 3.07 bits per heavy atom. The van der Waals surface area contributed by atoms with Gasteiger partial charge in [0.1, 0.15) is 0 Å². The lowest BCUT2D eigenvalue weighted by atomic mass is 10.2. The van der Waals surface area contributed by atoms with Crippen molar-refractivity contribution < 1.29 is 4.52 Å². The normalized spacial score (nSPS) is 21.5. The van der Waals surface area contributed by atoms with Crippen LogP contribution in [0.2, 0.25) is 0 Å². The third-order valence-electron chi connectivity index (χ3n) is 2.40. The van der Waals surface area contributed by atoms with Crippen LogP contribution >= 0.6 is 0 Å². The van der Waals surface area contributed by atoms with Crippen molar-refractivity contribution in [1.82, 2.24) is 15.0 Å². The molecule has 1 saturated heterocycles. The number of guanidine groups is 1. The number of aromatic nitrogens is 2. The lowest BCUT2D eigenvalue weighted by Crippen LogP contribution is -2.36. The Bertz CT molecular complexity index is 347. The van der Waals surface area contributed by atoms with Crippen molar-refractivity contribution in [2.24, 2.45) is 5.73 Å². The van der Waals surface area contributed by atoms with Crippen molar-refractivity contribution in [3.8, 4) is 0 Å². The number of hydrogen-bond donors (Lipinski definition) is 2. The van der Waals surface area contributed by atoms with Crippen LogP contribution < -0.4 is 5.73 Å². The standard InChI is InChI=1S/C8H13N5O/c1-5-11-7(12-14-5)6-3-2-4-13(6)8(9)10/h6H,2-4H2,1H3,(H3,9,10). The molecule has 1 atom stereocenters. The summed E-state index contributed by atoms with van der Waals surface area (Å²) in [5.74, 6) is 1.26. The van der Waals surface area contributed by atoms with Gasteiger partial charge in [-0.15, -0.1) is 0 Å². The highest BCUT2D eigenvalue weighted by atomic mass is 16.5. The van der Waals surface area contributed by atoms with Gasteiger partial charge in [-0.3, -0.25) is 5.41 Å². The quantitative estimate of drug-likeness (QED) is 0.500. The SMILES string of the molecule is Cc1nc(C2CCCN2C(=N)N)no1. The van der Waals surface area contributed by atoms with Gasteiger partial charge in [0.25, 0.3) is 0 Å². The molecule has 2 heterocycles. The third kappa shape index (κ3) is 1.43. The number of hydrogen-bond acceptors (Lipinski definition) is 4. The summed E-state index contributed by atoms with van der Waals surface area (Å²) in [4.78, 5) is 5.95. The molecule has 0 radical (unpaired) electrons. The first kappa shape index (κ1) is 8.98.